The molecule has 1 N–H and O–H groups in total. The van der Waals surface area contributed by atoms with Crippen LogP contribution < -0.4 is 5.32 Å². The molecule has 0 bridgehead atoms. The molecule has 0 fully saturated rings. The number of carbonyl (C=O) groups is 1. The molecule has 1 unspecified atom stereocenters. The third-order valence-corrected chi connectivity index (χ3v) is 4.09. The molecule has 2 heterocycles. The lowest BCUT2D eigenvalue weighted by Crippen LogP contribution is -2.35. The summed E-state index contributed by atoms with van der Waals surface area (Å²) in [7, 11) is 0. The van der Waals surface area contributed by atoms with Crippen molar-refractivity contribution in [3.63, 3.8) is 0 Å². The Morgan fingerprint density at radius 3 is 2.81 bits per heavy atom. The van der Waals surface area contributed by atoms with Crippen LogP contribution in [0.4, 0.5) is 13.2 Å². The number of nitrogens with one attached hydrogen (secondary N) is 1. The van der Waals surface area contributed by atoms with Crippen LogP contribution >= 0.6 is 0 Å². The molecule has 0 aliphatic rings. The molecule has 0 aliphatic heterocycles. The number of rotatable bonds is 5. The second kappa shape index (κ2) is 7.15. The molecule has 2 aromatic heterocycles. The van der Waals surface area contributed by atoms with E-state index in [9.17, 15) is 18.0 Å². The minimum absolute atomic E-state index is 0.176. The van der Waals surface area contributed by atoms with E-state index in [4.69, 9.17) is 0 Å². The molecular weight excluding hydrogens is 345 g/mol. The topological polar surface area (TPSA) is 59.3 Å². The third-order valence-electron chi connectivity index (χ3n) is 4.09. The molecule has 3 aromatic rings. The first-order valence-electron chi connectivity index (χ1n) is 8.03. The number of halogens is 3. The smallest absolute Gasteiger partial charge is 0.282 e. The number of hydrogen-bond acceptors (Lipinski definition) is 3. The molecule has 0 aliphatic carbocycles. The fraction of sp³-hybridized carbons (Fsp3) is 0.278. The summed E-state index contributed by atoms with van der Waals surface area (Å²) in [6.45, 7) is 3.53. The van der Waals surface area contributed by atoms with Gasteiger partial charge in [0, 0.05) is 18.4 Å². The van der Waals surface area contributed by atoms with Crippen molar-refractivity contribution in [2.24, 2.45) is 0 Å². The Morgan fingerprint density at radius 2 is 2.12 bits per heavy atom. The number of nitrogens with zero attached hydrogens (tertiary/aromatic N) is 3. The Morgan fingerprint density at radius 1 is 1.35 bits per heavy atom. The first kappa shape index (κ1) is 17.9. The summed E-state index contributed by atoms with van der Waals surface area (Å²) in [5.41, 5.74) is 1.02. The zero-order valence-corrected chi connectivity index (χ0v) is 14.2. The highest BCUT2D eigenvalue weighted by atomic mass is 19.3. The lowest BCUT2D eigenvalue weighted by molar-refractivity contribution is 0.0918. The number of hydrogen-bond donors (Lipinski definition) is 1. The molecule has 1 aromatic carbocycles. The number of benzene rings is 1. The lowest BCUT2D eigenvalue weighted by Gasteiger charge is -2.16. The summed E-state index contributed by atoms with van der Waals surface area (Å²) < 4.78 is 41.1. The van der Waals surface area contributed by atoms with Gasteiger partial charge >= 0.3 is 0 Å². The van der Waals surface area contributed by atoms with Crippen LogP contribution in [0.3, 0.4) is 0 Å². The summed E-state index contributed by atoms with van der Waals surface area (Å²) in [4.78, 5) is 20.2. The molecule has 1 amide bonds. The molecule has 5 nitrogen and oxygen atoms in total. The van der Waals surface area contributed by atoms with Crippen molar-refractivity contribution in [3.05, 3.63) is 65.1 Å². The van der Waals surface area contributed by atoms with Crippen LogP contribution in [0, 0.1) is 12.7 Å². The van der Waals surface area contributed by atoms with E-state index in [1.165, 1.54) is 35.1 Å². The molecule has 136 valence electrons. The molecule has 0 saturated heterocycles. The highest BCUT2D eigenvalue weighted by Gasteiger charge is 2.26. The highest BCUT2D eigenvalue weighted by Crippen LogP contribution is 2.23. The van der Waals surface area contributed by atoms with Gasteiger partial charge in [0.25, 0.3) is 12.3 Å². The van der Waals surface area contributed by atoms with E-state index in [2.05, 4.69) is 15.3 Å². The van der Waals surface area contributed by atoms with Gasteiger partial charge in [-0.3, -0.25) is 14.2 Å². The number of fused-ring (bicyclic) bond motifs is 1. The minimum Gasteiger partial charge on any atom is -0.348 e. The van der Waals surface area contributed by atoms with Gasteiger partial charge in [-0.05, 0) is 43.5 Å². The summed E-state index contributed by atoms with van der Waals surface area (Å²) in [5, 5.41) is 2.71. The quantitative estimate of drug-likeness (QED) is 0.756. The van der Waals surface area contributed by atoms with E-state index < -0.39 is 18.0 Å². The largest absolute Gasteiger partial charge is 0.348 e. The zero-order chi connectivity index (χ0) is 18.8. The van der Waals surface area contributed by atoms with Crippen molar-refractivity contribution in [2.45, 2.75) is 32.7 Å². The van der Waals surface area contributed by atoms with Crippen LogP contribution in [-0.2, 0) is 6.42 Å². The monoisotopic (exact) mass is 362 g/mol. The molecule has 3 rings (SSSR count). The van der Waals surface area contributed by atoms with Gasteiger partial charge in [0.2, 0.25) is 0 Å². The van der Waals surface area contributed by atoms with E-state index in [0.29, 0.717) is 6.42 Å². The van der Waals surface area contributed by atoms with E-state index in [0.717, 1.165) is 11.1 Å². The maximum Gasteiger partial charge on any atom is 0.282 e. The maximum absolute atomic E-state index is 13.3. The normalized spacial score (nSPS) is 12.5. The van der Waals surface area contributed by atoms with E-state index >= 15 is 0 Å². The second-order valence-corrected chi connectivity index (χ2v) is 6.10. The van der Waals surface area contributed by atoms with E-state index in [1.54, 1.807) is 19.9 Å². The molecule has 26 heavy (non-hydrogen) atoms. The van der Waals surface area contributed by atoms with E-state index in [-0.39, 0.29) is 23.2 Å². The van der Waals surface area contributed by atoms with Gasteiger partial charge in [-0.25, -0.2) is 18.2 Å². The number of amides is 1. The van der Waals surface area contributed by atoms with Crippen molar-refractivity contribution in [1.29, 1.82) is 0 Å². The average Bonchev–Trinajstić information content (AvgIpc) is 2.97. The number of carbonyl (C=O) groups excluding carboxylic acids is 1. The molecule has 0 saturated carbocycles. The first-order valence-corrected chi connectivity index (χ1v) is 8.03. The summed E-state index contributed by atoms with van der Waals surface area (Å²) in [6.07, 6.45) is 1.68. The fourth-order valence-electron chi connectivity index (χ4n) is 2.86. The average molecular weight is 362 g/mol. The van der Waals surface area contributed by atoms with E-state index in [1.807, 2.05) is 0 Å². The highest BCUT2D eigenvalue weighted by molar-refractivity contribution is 5.95. The zero-order valence-electron chi connectivity index (χ0n) is 14.2. The van der Waals surface area contributed by atoms with Crippen molar-refractivity contribution in [1.82, 2.24) is 19.7 Å². The van der Waals surface area contributed by atoms with Crippen LogP contribution in [0.15, 0.2) is 36.8 Å². The number of aromatic nitrogens is 3. The number of aryl methyl sites for hydroxylation is 1. The molecule has 8 heteroatoms. The van der Waals surface area contributed by atoms with Gasteiger partial charge in [0.05, 0.1) is 6.20 Å². The van der Waals surface area contributed by atoms with Crippen molar-refractivity contribution in [2.75, 3.05) is 0 Å². The summed E-state index contributed by atoms with van der Waals surface area (Å²) in [6, 6.07) is 4.07. The Hall–Kier alpha value is -2.90. The molecular formula is C18H17F3N4O. The Kier molecular flexibility index (Phi) is 4.92. The van der Waals surface area contributed by atoms with Gasteiger partial charge in [0.1, 0.15) is 17.2 Å². The van der Waals surface area contributed by atoms with Gasteiger partial charge < -0.3 is 5.32 Å². The van der Waals surface area contributed by atoms with Crippen molar-refractivity contribution in [3.8, 4) is 0 Å². The number of imidazole rings is 1. The van der Waals surface area contributed by atoms with Gasteiger partial charge in [-0.15, -0.1) is 0 Å². The third kappa shape index (κ3) is 3.54. The lowest BCUT2D eigenvalue weighted by atomic mass is 10.0. The van der Waals surface area contributed by atoms with Gasteiger partial charge in [-0.1, -0.05) is 6.07 Å². The standard InChI is InChI=1S/C18H17F3N4O/c1-10-7-13(19)4-3-12(10)8-11(2)23-18(26)16-15(17(20)21)24-14-9-22-5-6-25(14)16/h3-7,9,11,17H,8H2,1-2H3,(H,23,26). The van der Waals surface area contributed by atoms with Crippen LogP contribution in [0.25, 0.3) is 5.65 Å². The summed E-state index contributed by atoms with van der Waals surface area (Å²) >= 11 is 0. The minimum atomic E-state index is -2.88. The van der Waals surface area contributed by atoms with Crippen LogP contribution in [0.1, 0.15) is 40.7 Å². The van der Waals surface area contributed by atoms with Crippen LogP contribution in [0.2, 0.25) is 0 Å². The SMILES string of the molecule is Cc1cc(F)ccc1CC(C)NC(=O)c1c(C(F)F)nc2cnccn12. The van der Waals surface area contributed by atoms with Crippen molar-refractivity contribution >= 4 is 11.6 Å². The Labute approximate surface area is 147 Å². The second-order valence-electron chi connectivity index (χ2n) is 6.10. The Bertz CT molecular complexity index is 955. The van der Waals surface area contributed by atoms with Gasteiger partial charge in [0.15, 0.2) is 5.65 Å². The predicted octanol–water partition coefficient (Wildman–Crippen LogP) is 3.48. The van der Waals surface area contributed by atoms with Gasteiger partial charge in [-0.2, -0.15) is 0 Å². The predicted molar refractivity (Wildman–Crippen MR) is 89.7 cm³/mol. The Balaban J connectivity index is 1.83. The first-order chi connectivity index (χ1) is 12.4. The van der Waals surface area contributed by atoms with Crippen LogP contribution in [-0.4, -0.2) is 26.3 Å². The fourth-order valence-corrected chi connectivity index (χ4v) is 2.86. The van der Waals surface area contributed by atoms with Crippen LogP contribution in [0.5, 0.6) is 0 Å². The number of alkyl halides is 2. The van der Waals surface area contributed by atoms with Crippen molar-refractivity contribution < 1.29 is 18.0 Å². The molecule has 0 spiro atoms. The summed E-state index contributed by atoms with van der Waals surface area (Å²) in [5.74, 6) is -0.977. The molecule has 1 atom stereocenters. The maximum atomic E-state index is 13.3. The molecule has 0 radical (unpaired) electrons.